The highest BCUT2D eigenvalue weighted by atomic mass is 16.2. The molecule has 4 N–H and O–H groups in total. The zero-order chi connectivity index (χ0) is 19.9. The SMILES string of the molecule is Cc1cccc(NC(=O)Nc2cccc(C#Cc3cncc(C(N)=O)c3)c2)c1. The monoisotopic (exact) mass is 370 g/mol. The first kappa shape index (κ1) is 18.7. The summed E-state index contributed by atoms with van der Waals surface area (Å²) in [5.74, 6) is 5.36. The van der Waals surface area contributed by atoms with Gasteiger partial charge in [-0.1, -0.05) is 30.0 Å². The molecule has 138 valence electrons. The topological polar surface area (TPSA) is 97.1 Å². The number of nitrogens with zero attached hydrogens (tertiary/aromatic N) is 1. The van der Waals surface area contributed by atoms with Crippen LogP contribution in [0.4, 0.5) is 16.2 Å². The molecule has 3 aromatic rings. The van der Waals surface area contributed by atoms with Gasteiger partial charge in [-0.05, 0) is 48.9 Å². The average molecular weight is 370 g/mol. The number of aryl methyl sites for hydroxylation is 1. The van der Waals surface area contributed by atoms with Gasteiger partial charge in [-0.25, -0.2) is 4.79 Å². The van der Waals surface area contributed by atoms with Crippen LogP contribution < -0.4 is 16.4 Å². The van der Waals surface area contributed by atoms with Crippen molar-refractivity contribution >= 4 is 23.3 Å². The minimum atomic E-state index is -0.554. The maximum Gasteiger partial charge on any atom is 0.323 e. The smallest absolute Gasteiger partial charge is 0.323 e. The van der Waals surface area contributed by atoms with Crippen molar-refractivity contribution in [3.63, 3.8) is 0 Å². The van der Waals surface area contributed by atoms with Gasteiger partial charge in [-0.15, -0.1) is 0 Å². The highest BCUT2D eigenvalue weighted by Crippen LogP contribution is 2.13. The lowest BCUT2D eigenvalue weighted by Crippen LogP contribution is -2.19. The zero-order valence-electron chi connectivity index (χ0n) is 15.2. The number of hydrogen-bond donors (Lipinski definition) is 3. The van der Waals surface area contributed by atoms with E-state index in [-0.39, 0.29) is 6.03 Å². The zero-order valence-corrected chi connectivity index (χ0v) is 15.2. The molecule has 3 rings (SSSR count). The van der Waals surface area contributed by atoms with E-state index in [9.17, 15) is 9.59 Å². The van der Waals surface area contributed by atoms with Crippen molar-refractivity contribution in [1.29, 1.82) is 0 Å². The minimum absolute atomic E-state index is 0.301. The van der Waals surface area contributed by atoms with E-state index in [4.69, 9.17) is 5.73 Å². The molecule has 1 aromatic heterocycles. The lowest BCUT2D eigenvalue weighted by molar-refractivity contribution is 0.1000. The summed E-state index contributed by atoms with van der Waals surface area (Å²) < 4.78 is 0. The van der Waals surface area contributed by atoms with Gasteiger partial charge < -0.3 is 16.4 Å². The summed E-state index contributed by atoms with van der Waals surface area (Å²) in [6, 6.07) is 15.9. The molecule has 0 atom stereocenters. The second-order valence-corrected chi connectivity index (χ2v) is 6.11. The predicted molar refractivity (Wildman–Crippen MR) is 109 cm³/mol. The standard InChI is InChI=1S/C22H18N4O2/c1-15-4-2-6-19(10-15)25-22(28)26-20-7-3-5-16(12-20)8-9-17-11-18(21(23)27)14-24-13-17/h2-7,10-14H,1H3,(H2,23,27)(H2,25,26,28). The van der Waals surface area contributed by atoms with Crippen LogP contribution in [0.3, 0.4) is 0 Å². The van der Waals surface area contributed by atoms with Crippen LogP contribution >= 0.6 is 0 Å². The lowest BCUT2D eigenvalue weighted by Gasteiger charge is -2.08. The number of nitrogens with one attached hydrogen (secondary N) is 2. The largest absolute Gasteiger partial charge is 0.366 e. The van der Waals surface area contributed by atoms with E-state index in [2.05, 4.69) is 27.5 Å². The van der Waals surface area contributed by atoms with Crippen molar-refractivity contribution in [1.82, 2.24) is 4.98 Å². The molecule has 0 aliphatic heterocycles. The number of amides is 3. The van der Waals surface area contributed by atoms with Crippen molar-refractivity contribution < 1.29 is 9.59 Å². The van der Waals surface area contributed by atoms with Crippen molar-refractivity contribution in [2.75, 3.05) is 10.6 Å². The Bertz CT molecular complexity index is 1100. The average Bonchev–Trinajstić information content (AvgIpc) is 2.67. The molecule has 0 radical (unpaired) electrons. The summed E-state index contributed by atoms with van der Waals surface area (Å²) in [6.07, 6.45) is 2.95. The van der Waals surface area contributed by atoms with Crippen LogP contribution in [0.15, 0.2) is 67.0 Å². The van der Waals surface area contributed by atoms with Gasteiger partial charge in [0.05, 0.1) is 5.56 Å². The number of urea groups is 1. The second-order valence-electron chi connectivity index (χ2n) is 6.11. The number of hydrogen-bond acceptors (Lipinski definition) is 3. The first-order valence-electron chi connectivity index (χ1n) is 8.51. The van der Waals surface area contributed by atoms with Crippen LogP contribution in [-0.4, -0.2) is 16.9 Å². The van der Waals surface area contributed by atoms with Crippen molar-refractivity contribution in [3.8, 4) is 11.8 Å². The summed E-state index contributed by atoms with van der Waals surface area (Å²) >= 11 is 0. The molecule has 0 spiro atoms. The molecule has 0 saturated carbocycles. The number of carbonyl (C=O) groups excluding carboxylic acids is 2. The number of benzene rings is 2. The molecule has 0 aliphatic carbocycles. The molecule has 0 bridgehead atoms. The van der Waals surface area contributed by atoms with E-state index in [0.29, 0.717) is 22.4 Å². The Balaban J connectivity index is 1.70. The normalized spacial score (nSPS) is 9.75. The number of primary amides is 1. The van der Waals surface area contributed by atoms with Gasteiger partial charge in [0.1, 0.15) is 0 Å². The quantitative estimate of drug-likeness (QED) is 0.615. The van der Waals surface area contributed by atoms with Gasteiger partial charge in [0.15, 0.2) is 0 Å². The van der Waals surface area contributed by atoms with Crippen LogP contribution in [0.1, 0.15) is 27.0 Å². The Morgan fingerprint density at radius 1 is 0.893 bits per heavy atom. The minimum Gasteiger partial charge on any atom is -0.366 e. The molecule has 6 heteroatoms. The van der Waals surface area contributed by atoms with E-state index < -0.39 is 5.91 Å². The molecule has 1 heterocycles. The molecular weight excluding hydrogens is 352 g/mol. The highest BCUT2D eigenvalue weighted by Gasteiger charge is 2.03. The molecule has 28 heavy (non-hydrogen) atoms. The van der Waals surface area contributed by atoms with Gasteiger partial charge in [-0.3, -0.25) is 9.78 Å². The van der Waals surface area contributed by atoms with E-state index in [0.717, 1.165) is 11.3 Å². The molecule has 0 saturated heterocycles. The molecule has 0 fully saturated rings. The highest BCUT2D eigenvalue weighted by molar-refractivity contribution is 5.99. The summed E-state index contributed by atoms with van der Waals surface area (Å²) in [4.78, 5) is 27.3. The number of nitrogens with two attached hydrogens (primary N) is 1. The third-order valence-corrected chi connectivity index (χ3v) is 3.77. The predicted octanol–water partition coefficient (Wildman–Crippen LogP) is 3.53. The molecule has 3 amide bonds. The third-order valence-electron chi connectivity index (χ3n) is 3.77. The maximum absolute atomic E-state index is 12.2. The fourth-order valence-electron chi connectivity index (χ4n) is 2.48. The molecule has 0 aliphatic rings. The van der Waals surface area contributed by atoms with Crippen LogP contribution in [0.25, 0.3) is 0 Å². The lowest BCUT2D eigenvalue weighted by atomic mass is 10.1. The maximum atomic E-state index is 12.2. The molecule has 2 aromatic carbocycles. The fourth-order valence-corrected chi connectivity index (χ4v) is 2.48. The van der Waals surface area contributed by atoms with Gasteiger partial charge >= 0.3 is 6.03 Å². The Labute approximate surface area is 162 Å². The number of aromatic nitrogens is 1. The number of rotatable bonds is 3. The van der Waals surface area contributed by atoms with Crippen molar-refractivity contribution in [3.05, 3.63) is 89.2 Å². The van der Waals surface area contributed by atoms with Crippen LogP contribution in [0.2, 0.25) is 0 Å². The number of carbonyl (C=O) groups is 2. The van der Waals surface area contributed by atoms with Gasteiger partial charge in [-0.2, -0.15) is 0 Å². The Hall–Kier alpha value is -4.11. The molecule has 6 nitrogen and oxygen atoms in total. The van der Waals surface area contributed by atoms with Crippen LogP contribution in [-0.2, 0) is 0 Å². The van der Waals surface area contributed by atoms with E-state index in [1.165, 1.54) is 6.20 Å². The Morgan fingerprint density at radius 3 is 2.29 bits per heavy atom. The van der Waals surface area contributed by atoms with Crippen molar-refractivity contribution in [2.45, 2.75) is 6.92 Å². The third kappa shape index (κ3) is 5.19. The first-order chi connectivity index (χ1) is 13.5. The number of anilines is 2. The van der Waals surface area contributed by atoms with Gasteiger partial charge in [0, 0.05) is 34.9 Å². The van der Waals surface area contributed by atoms with Crippen LogP contribution in [0.5, 0.6) is 0 Å². The molecule has 0 unspecified atom stereocenters. The van der Waals surface area contributed by atoms with Crippen molar-refractivity contribution in [2.24, 2.45) is 5.73 Å². The summed E-state index contributed by atoms with van der Waals surface area (Å²) in [6.45, 7) is 1.96. The van der Waals surface area contributed by atoms with Crippen LogP contribution in [0, 0.1) is 18.8 Å². The van der Waals surface area contributed by atoms with Gasteiger partial charge in [0.2, 0.25) is 5.91 Å². The fraction of sp³-hybridized carbons (Fsp3) is 0.0455. The second kappa shape index (κ2) is 8.52. The molecular formula is C22H18N4O2. The summed E-state index contributed by atoms with van der Waals surface area (Å²) in [7, 11) is 0. The van der Waals surface area contributed by atoms with Gasteiger partial charge in [0.25, 0.3) is 0 Å². The Kier molecular flexibility index (Phi) is 5.68. The van der Waals surface area contributed by atoms with E-state index in [1.54, 1.807) is 30.5 Å². The summed E-state index contributed by atoms with van der Waals surface area (Å²) in [5.41, 5.74) is 9.22. The van der Waals surface area contributed by atoms with E-state index >= 15 is 0 Å². The Morgan fingerprint density at radius 2 is 1.57 bits per heavy atom. The summed E-state index contributed by atoms with van der Waals surface area (Å²) in [5, 5.41) is 5.57. The number of pyridine rings is 1. The van der Waals surface area contributed by atoms with E-state index in [1.807, 2.05) is 37.3 Å². The first-order valence-corrected chi connectivity index (χ1v) is 8.51.